The van der Waals surface area contributed by atoms with E-state index >= 15 is 0 Å². The Balaban J connectivity index is 1.78. The first-order valence-electron chi connectivity index (χ1n) is 7.88. The summed E-state index contributed by atoms with van der Waals surface area (Å²) in [5, 5.41) is 0. The van der Waals surface area contributed by atoms with Gasteiger partial charge in [0.1, 0.15) is 12.4 Å². The molecule has 23 heavy (non-hydrogen) atoms. The second-order valence-electron chi connectivity index (χ2n) is 6.36. The van der Waals surface area contributed by atoms with Crippen LogP contribution in [0.1, 0.15) is 31.4 Å². The number of ether oxygens (including phenoxy) is 2. The van der Waals surface area contributed by atoms with Crippen LogP contribution < -0.4 is 4.74 Å². The van der Waals surface area contributed by atoms with Crippen LogP contribution in [0, 0.1) is 12.3 Å². The highest BCUT2D eigenvalue weighted by molar-refractivity contribution is 5.75. The summed E-state index contributed by atoms with van der Waals surface area (Å²) in [6.07, 6.45) is 0.606. The Hall–Kier alpha value is -2.29. The van der Waals surface area contributed by atoms with E-state index in [1.165, 1.54) is 5.56 Å². The number of hydrogen-bond donors (Lipinski definition) is 0. The molecule has 122 valence electrons. The predicted octanol–water partition coefficient (Wildman–Crippen LogP) is 4.53. The van der Waals surface area contributed by atoms with E-state index in [-0.39, 0.29) is 5.97 Å². The first-order valence-corrected chi connectivity index (χ1v) is 7.88. The topological polar surface area (TPSA) is 35.5 Å². The number of esters is 1. The summed E-state index contributed by atoms with van der Waals surface area (Å²) in [4.78, 5) is 12.2. The molecule has 0 atom stereocenters. The Kier molecular flexibility index (Phi) is 5.80. The molecule has 0 amide bonds. The monoisotopic (exact) mass is 312 g/mol. The SMILES string of the molecule is Cc1ccc(OCCC(C)(C)C(=O)OCc2ccccc2)cc1. The van der Waals surface area contributed by atoms with Crippen molar-refractivity contribution in [2.75, 3.05) is 6.61 Å². The molecular weight excluding hydrogens is 288 g/mol. The van der Waals surface area contributed by atoms with E-state index in [9.17, 15) is 4.79 Å². The van der Waals surface area contributed by atoms with E-state index in [0.29, 0.717) is 19.6 Å². The van der Waals surface area contributed by atoms with E-state index < -0.39 is 5.41 Å². The van der Waals surface area contributed by atoms with Crippen molar-refractivity contribution in [2.24, 2.45) is 5.41 Å². The summed E-state index contributed by atoms with van der Waals surface area (Å²) < 4.78 is 11.1. The molecule has 0 spiro atoms. The molecule has 0 fully saturated rings. The second-order valence-corrected chi connectivity index (χ2v) is 6.36. The number of carbonyl (C=O) groups excluding carboxylic acids is 1. The summed E-state index contributed by atoms with van der Waals surface area (Å²) in [6, 6.07) is 17.6. The summed E-state index contributed by atoms with van der Waals surface area (Å²) in [7, 11) is 0. The van der Waals surface area contributed by atoms with Crippen molar-refractivity contribution in [3.63, 3.8) is 0 Å². The van der Waals surface area contributed by atoms with Gasteiger partial charge in [-0.1, -0.05) is 48.0 Å². The van der Waals surface area contributed by atoms with Crippen LogP contribution in [0.15, 0.2) is 54.6 Å². The second kappa shape index (κ2) is 7.82. The van der Waals surface area contributed by atoms with Gasteiger partial charge in [0.05, 0.1) is 12.0 Å². The summed E-state index contributed by atoms with van der Waals surface area (Å²) in [5.41, 5.74) is 1.62. The van der Waals surface area contributed by atoms with Crippen LogP contribution >= 0.6 is 0 Å². The van der Waals surface area contributed by atoms with Crippen LogP contribution in [-0.2, 0) is 16.1 Å². The average Bonchev–Trinajstić information content (AvgIpc) is 2.55. The van der Waals surface area contributed by atoms with Gasteiger partial charge in [0.25, 0.3) is 0 Å². The molecule has 0 aliphatic heterocycles. The first kappa shape index (κ1) is 17.1. The average molecular weight is 312 g/mol. The van der Waals surface area contributed by atoms with Gasteiger partial charge in [-0.05, 0) is 44.9 Å². The Bertz CT molecular complexity index is 615. The van der Waals surface area contributed by atoms with Gasteiger partial charge in [-0.25, -0.2) is 0 Å². The fourth-order valence-electron chi connectivity index (χ4n) is 2.08. The van der Waals surface area contributed by atoms with Crippen LogP contribution in [-0.4, -0.2) is 12.6 Å². The minimum absolute atomic E-state index is 0.200. The zero-order valence-electron chi connectivity index (χ0n) is 14.0. The molecule has 0 N–H and O–H groups in total. The lowest BCUT2D eigenvalue weighted by Crippen LogP contribution is -2.28. The third kappa shape index (κ3) is 5.44. The molecule has 0 unspecified atom stereocenters. The number of carbonyl (C=O) groups is 1. The maximum atomic E-state index is 12.2. The predicted molar refractivity (Wildman–Crippen MR) is 91.3 cm³/mol. The Labute approximate surface area is 138 Å². The van der Waals surface area contributed by atoms with Crippen LogP contribution in [0.25, 0.3) is 0 Å². The Morgan fingerprint density at radius 2 is 1.65 bits per heavy atom. The zero-order chi connectivity index (χ0) is 16.7. The lowest BCUT2D eigenvalue weighted by Gasteiger charge is -2.22. The van der Waals surface area contributed by atoms with Gasteiger partial charge in [0.2, 0.25) is 0 Å². The third-order valence-electron chi connectivity index (χ3n) is 3.78. The van der Waals surface area contributed by atoms with Gasteiger partial charge in [-0.3, -0.25) is 4.79 Å². The smallest absolute Gasteiger partial charge is 0.311 e. The molecule has 2 aromatic carbocycles. The van der Waals surface area contributed by atoms with Gasteiger partial charge in [0.15, 0.2) is 0 Å². The van der Waals surface area contributed by atoms with E-state index in [2.05, 4.69) is 0 Å². The fourth-order valence-corrected chi connectivity index (χ4v) is 2.08. The van der Waals surface area contributed by atoms with E-state index in [4.69, 9.17) is 9.47 Å². The van der Waals surface area contributed by atoms with Crippen LogP contribution in [0.5, 0.6) is 5.75 Å². The molecule has 2 aromatic rings. The van der Waals surface area contributed by atoms with E-state index in [1.807, 2.05) is 75.4 Å². The number of hydrogen-bond acceptors (Lipinski definition) is 3. The lowest BCUT2D eigenvalue weighted by atomic mass is 9.90. The summed E-state index contributed by atoms with van der Waals surface area (Å²) in [6.45, 7) is 6.60. The highest BCUT2D eigenvalue weighted by atomic mass is 16.5. The molecule has 3 nitrogen and oxygen atoms in total. The highest BCUT2D eigenvalue weighted by Crippen LogP contribution is 2.24. The minimum Gasteiger partial charge on any atom is -0.494 e. The molecule has 2 rings (SSSR count). The van der Waals surface area contributed by atoms with E-state index in [0.717, 1.165) is 11.3 Å². The molecule has 0 bridgehead atoms. The van der Waals surface area contributed by atoms with Crippen molar-refractivity contribution in [3.8, 4) is 5.75 Å². The molecule has 0 aliphatic rings. The lowest BCUT2D eigenvalue weighted by molar-refractivity contribution is -0.156. The van der Waals surface area contributed by atoms with Crippen molar-refractivity contribution in [3.05, 3.63) is 65.7 Å². The number of rotatable bonds is 7. The largest absolute Gasteiger partial charge is 0.494 e. The fraction of sp³-hybridized carbons (Fsp3) is 0.350. The van der Waals surface area contributed by atoms with Crippen molar-refractivity contribution < 1.29 is 14.3 Å². The maximum Gasteiger partial charge on any atom is 0.311 e. The van der Waals surface area contributed by atoms with Crippen LogP contribution in [0.4, 0.5) is 0 Å². The first-order chi connectivity index (χ1) is 11.0. The third-order valence-corrected chi connectivity index (χ3v) is 3.78. The number of benzene rings is 2. The molecular formula is C20H24O3. The van der Waals surface area contributed by atoms with Gasteiger partial charge >= 0.3 is 5.97 Å². The zero-order valence-corrected chi connectivity index (χ0v) is 14.0. The van der Waals surface area contributed by atoms with Crippen molar-refractivity contribution >= 4 is 5.97 Å². The van der Waals surface area contributed by atoms with Crippen molar-refractivity contribution in [2.45, 2.75) is 33.8 Å². The molecule has 0 radical (unpaired) electrons. The molecule has 0 saturated heterocycles. The quantitative estimate of drug-likeness (QED) is 0.704. The van der Waals surface area contributed by atoms with Crippen LogP contribution in [0.3, 0.4) is 0 Å². The van der Waals surface area contributed by atoms with E-state index in [1.54, 1.807) is 0 Å². The van der Waals surface area contributed by atoms with Gasteiger partial charge in [-0.15, -0.1) is 0 Å². The number of aryl methyl sites for hydroxylation is 1. The van der Waals surface area contributed by atoms with Gasteiger partial charge in [-0.2, -0.15) is 0 Å². The molecule has 0 aromatic heterocycles. The Morgan fingerprint density at radius 3 is 2.30 bits per heavy atom. The minimum atomic E-state index is -0.570. The van der Waals surface area contributed by atoms with Crippen molar-refractivity contribution in [1.82, 2.24) is 0 Å². The molecule has 3 heteroatoms. The van der Waals surface area contributed by atoms with Crippen molar-refractivity contribution in [1.29, 1.82) is 0 Å². The van der Waals surface area contributed by atoms with Gasteiger partial charge in [0, 0.05) is 0 Å². The molecule has 0 aliphatic carbocycles. The standard InChI is InChI=1S/C20H24O3/c1-16-9-11-18(12-10-16)22-14-13-20(2,3)19(21)23-15-17-7-5-4-6-8-17/h4-12H,13-15H2,1-3H3. The maximum absolute atomic E-state index is 12.2. The van der Waals surface area contributed by atoms with Gasteiger partial charge < -0.3 is 9.47 Å². The summed E-state index contributed by atoms with van der Waals surface area (Å²) in [5.74, 6) is 0.623. The molecule has 0 heterocycles. The molecule has 0 saturated carbocycles. The Morgan fingerprint density at radius 1 is 1.00 bits per heavy atom. The highest BCUT2D eigenvalue weighted by Gasteiger charge is 2.29. The van der Waals surface area contributed by atoms with Crippen LogP contribution in [0.2, 0.25) is 0 Å². The normalized spacial score (nSPS) is 11.1. The summed E-state index contributed by atoms with van der Waals surface area (Å²) >= 11 is 0.